The molecule has 0 bridgehead atoms. The second-order valence-electron chi connectivity index (χ2n) is 11.0. The molecule has 0 saturated heterocycles. The quantitative estimate of drug-likeness (QED) is 0.286. The standard InChI is InChI=1S/C26H26F8N6O3/c27-24(28)6-3-14(4-7-24)21(38-23(42)16-12-43-39-22(16)26(32,33)34)17-11-40-18(36-17)9-15(10-35-40)20(13-1-2-13)37-19(41)5-8-25(29,30)31/h9-14,20-21H,1-8H2,(H,37,41)(H,38,42)/t20-,21+/m1/s1. The van der Waals surface area contributed by atoms with Crippen molar-refractivity contribution in [3.05, 3.63) is 47.2 Å². The van der Waals surface area contributed by atoms with E-state index in [4.69, 9.17) is 0 Å². The van der Waals surface area contributed by atoms with Crippen LogP contribution in [0.1, 0.15) is 90.8 Å². The van der Waals surface area contributed by atoms with Crippen molar-refractivity contribution >= 4 is 17.5 Å². The van der Waals surface area contributed by atoms with Crippen LogP contribution in [0, 0.1) is 11.8 Å². The number of amides is 2. The van der Waals surface area contributed by atoms with Crippen LogP contribution in [-0.2, 0) is 11.0 Å². The Morgan fingerprint density at radius 2 is 1.70 bits per heavy atom. The van der Waals surface area contributed by atoms with E-state index in [1.165, 1.54) is 16.9 Å². The van der Waals surface area contributed by atoms with Crippen LogP contribution in [0.3, 0.4) is 0 Å². The van der Waals surface area contributed by atoms with Gasteiger partial charge in [-0.25, -0.2) is 18.3 Å². The Morgan fingerprint density at radius 3 is 2.33 bits per heavy atom. The third-order valence-electron chi connectivity index (χ3n) is 7.69. The van der Waals surface area contributed by atoms with Crippen LogP contribution in [0.2, 0.25) is 0 Å². The summed E-state index contributed by atoms with van der Waals surface area (Å²) in [6, 6.07) is -0.144. The highest BCUT2D eigenvalue weighted by Gasteiger charge is 2.43. The van der Waals surface area contributed by atoms with Gasteiger partial charge in [-0.15, -0.1) is 0 Å². The number of carbonyl (C=O) groups excluding carboxylic acids is 2. The molecule has 0 aromatic carbocycles. The van der Waals surface area contributed by atoms with E-state index in [9.17, 15) is 44.7 Å². The summed E-state index contributed by atoms with van der Waals surface area (Å²) in [6.07, 6.45) is -7.71. The van der Waals surface area contributed by atoms with E-state index in [2.05, 4.69) is 30.4 Å². The van der Waals surface area contributed by atoms with Crippen molar-refractivity contribution in [1.29, 1.82) is 0 Å². The molecule has 17 heteroatoms. The third kappa shape index (κ3) is 7.41. The van der Waals surface area contributed by atoms with Gasteiger partial charge in [-0.3, -0.25) is 9.59 Å². The van der Waals surface area contributed by atoms with Crippen molar-refractivity contribution in [3.63, 3.8) is 0 Å². The summed E-state index contributed by atoms with van der Waals surface area (Å²) >= 11 is 0. The van der Waals surface area contributed by atoms with Crippen molar-refractivity contribution < 1.29 is 49.2 Å². The van der Waals surface area contributed by atoms with Crippen LogP contribution in [0.5, 0.6) is 0 Å². The summed E-state index contributed by atoms with van der Waals surface area (Å²) < 4.78 is 111. The van der Waals surface area contributed by atoms with E-state index in [1.54, 1.807) is 6.07 Å². The number of carbonyl (C=O) groups is 2. The first-order chi connectivity index (χ1) is 20.1. The van der Waals surface area contributed by atoms with Crippen LogP contribution < -0.4 is 10.6 Å². The monoisotopic (exact) mass is 622 g/mol. The van der Waals surface area contributed by atoms with E-state index >= 15 is 0 Å². The van der Waals surface area contributed by atoms with Crippen LogP contribution in [-0.4, -0.2) is 43.7 Å². The van der Waals surface area contributed by atoms with Crippen molar-refractivity contribution in [3.8, 4) is 0 Å². The lowest BCUT2D eigenvalue weighted by molar-refractivity contribution is -0.144. The summed E-state index contributed by atoms with van der Waals surface area (Å²) in [4.78, 5) is 29.7. The normalized spacial score (nSPS) is 19.3. The van der Waals surface area contributed by atoms with Gasteiger partial charge in [0.2, 0.25) is 11.8 Å². The Bertz CT molecular complexity index is 1470. The Morgan fingerprint density at radius 1 is 1.02 bits per heavy atom. The Balaban J connectivity index is 1.41. The van der Waals surface area contributed by atoms with Gasteiger partial charge in [-0.05, 0) is 49.1 Å². The minimum absolute atomic E-state index is 0.0177. The number of hydrogen-bond donors (Lipinski definition) is 2. The van der Waals surface area contributed by atoms with Gasteiger partial charge in [0.1, 0.15) is 11.8 Å². The van der Waals surface area contributed by atoms with Gasteiger partial charge >= 0.3 is 12.4 Å². The highest BCUT2D eigenvalue weighted by molar-refractivity contribution is 5.95. The van der Waals surface area contributed by atoms with E-state index in [-0.39, 0.29) is 30.1 Å². The summed E-state index contributed by atoms with van der Waals surface area (Å²) in [5.41, 5.74) is -1.58. The minimum atomic E-state index is -4.98. The SMILES string of the molecule is O=C(CCC(F)(F)F)N[C@@H](c1cnn2cc([C@@H](NC(=O)c3conc3C(F)(F)F)C3CCC(F)(F)CC3)nc2c1)C1CC1. The molecule has 2 fully saturated rings. The number of alkyl halides is 8. The molecule has 2 aliphatic rings. The highest BCUT2D eigenvalue weighted by Crippen LogP contribution is 2.43. The number of fused-ring (bicyclic) bond motifs is 1. The molecule has 3 aromatic heterocycles. The number of nitrogens with one attached hydrogen (secondary N) is 2. The molecule has 0 unspecified atom stereocenters. The van der Waals surface area contributed by atoms with E-state index in [0.717, 1.165) is 12.8 Å². The van der Waals surface area contributed by atoms with Gasteiger partial charge in [0, 0.05) is 19.3 Å². The molecule has 2 aliphatic carbocycles. The lowest BCUT2D eigenvalue weighted by Gasteiger charge is -2.33. The number of nitrogens with zero attached hydrogens (tertiary/aromatic N) is 4. The lowest BCUT2D eigenvalue weighted by Crippen LogP contribution is -2.37. The van der Waals surface area contributed by atoms with Crippen LogP contribution in [0.4, 0.5) is 35.1 Å². The van der Waals surface area contributed by atoms with Crippen LogP contribution in [0.15, 0.2) is 29.2 Å². The summed E-state index contributed by atoms with van der Waals surface area (Å²) in [5.74, 6) is -5.50. The molecule has 0 spiro atoms. The molecule has 9 nitrogen and oxygen atoms in total. The Labute approximate surface area is 238 Å². The lowest BCUT2D eigenvalue weighted by atomic mass is 9.81. The minimum Gasteiger partial charge on any atom is -0.363 e. The van der Waals surface area contributed by atoms with Gasteiger partial charge in [-0.2, -0.15) is 31.4 Å². The first-order valence-corrected chi connectivity index (χ1v) is 13.5. The zero-order valence-electron chi connectivity index (χ0n) is 22.3. The van der Waals surface area contributed by atoms with E-state index in [0.29, 0.717) is 11.8 Å². The second-order valence-corrected chi connectivity index (χ2v) is 11.0. The maximum atomic E-state index is 13.9. The molecule has 5 rings (SSSR count). The molecule has 2 saturated carbocycles. The molecule has 3 heterocycles. The Hall–Kier alpha value is -3.79. The predicted molar refractivity (Wildman–Crippen MR) is 131 cm³/mol. The zero-order chi connectivity index (χ0) is 31.2. The molecule has 0 aliphatic heterocycles. The van der Waals surface area contributed by atoms with Gasteiger partial charge < -0.3 is 15.2 Å². The van der Waals surface area contributed by atoms with Gasteiger partial charge in [0.15, 0.2) is 11.3 Å². The van der Waals surface area contributed by atoms with E-state index in [1.807, 2.05) is 0 Å². The molecule has 0 radical (unpaired) electrons. The van der Waals surface area contributed by atoms with Crippen LogP contribution >= 0.6 is 0 Å². The number of aromatic nitrogens is 4. The number of rotatable bonds is 9. The van der Waals surface area contributed by atoms with Crippen molar-refractivity contribution in [2.75, 3.05) is 0 Å². The van der Waals surface area contributed by atoms with E-state index < -0.39 is 85.0 Å². The first kappa shape index (κ1) is 30.7. The molecular weight excluding hydrogens is 596 g/mol. The maximum Gasteiger partial charge on any atom is 0.437 e. The molecular formula is C26H26F8N6O3. The number of imidazole rings is 1. The molecule has 2 amide bonds. The molecule has 234 valence electrons. The smallest absolute Gasteiger partial charge is 0.363 e. The summed E-state index contributed by atoms with van der Waals surface area (Å²) in [6.45, 7) is 0. The van der Waals surface area contributed by atoms with Gasteiger partial charge in [-0.1, -0.05) is 5.16 Å². The zero-order valence-corrected chi connectivity index (χ0v) is 22.3. The Kier molecular flexibility index (Phi) is 8.11. The topological polar surface area (TPSA) is 114 Å². The fourth-order valence-electron chi connectivity index (χ4n) is 5.28. The van der Waals surface area contributed by atoms with Crippen molar-refractivity contribution in [2.24, 2.45) is 11.8 Å². The van der Waals surface area contributed by atoms with Crippen molar-refractivity contribution in [2.45, 2.75) is 81.7 Å². The maximum absolute atomic E-state index is 13.9. The number of hydrogen-bond acceptors (Lipinski definition) is 6. The summed E-state index contributed by atoms with van der Waals surface area (Å²) in [7, 11) is 0. The third-order valence-corrected chi connectivity index (χ3v) is 7.69. The molecule has 2 N–H and O–H groups in total. The number of halogens is 8. The predicted octanol–water partition coefficient (Wildman–Crippen LogP) is 5.94. The fraction of sp³-hybridized carbons (Fsp3) is 0.577. The van der Waals surface area contributed by atoms with Gasteiger partial charge in [0.25, 0.3) is 5.91 Å². The molecule has 2 atom stereocenters. The fourth-order valence-corrected chi connectivity index (χ4v) is 5.28. The molecule has 43 heavy (non-hydrogen) atoms. The molecule has 3 aromatic rings. The van der Waals surface area contributed by atoms with Crippen molar-refractivity contribution in [1.82, 2.24) is 30.4 Å². The second kappa shape index (κ2) is 11.4. The first-order valence-electron chi connectivity index (χ1n) is 13.5. The average molecular weight is 623 g/mol. The van der Waals surface area contributed by atoms with Gasteiger partial charge in [0.05, 0.1) is 36.6 Å². The largest absolute Gasteiger partial charge is 0.437 e. The average Bonchev–Trinajstić information content (AvgIpc) is 3.45. The highest BCUT2D eigenvalue weighted by atomic mass is 19.4. The summed E-state index contributed by atoms with van der Waals surface area (Å²) in [5, 5.41) is 12.3. The van der Waals surface area contributed by atoms with Crippen LogP contribution in [0.25, 0.3) is 5.65 Å².